The molecule has 0 aliphatic carbocycles. The van der Waals surface area contributed by atoms with Gasteiger partial charge in [0, 0.05) is 0 Å². The van der Waals surface area contributed by atoms with Crippen LogP contribution in [0.15, 0.2) is 0 Å². The topological polar surface area (TPSA) is 374 Å². The predicted molar refractivity (Wildman–Crippen MR) is 93.6 cm³/mol. The summed E-state index contributed by atoms with van der Waals surface area (Å²) in [7, 11) is -5.39. The largest absolute Gasteiger partial charge is 1.00 e. The van der Waals surface area contributed by atoms with Crippen molar-refractivity contribution in [3.63, 3.8) is 0 Å². The Morgan fingerprint density at radius 3 is 1.24 bits per heavy atom. The van der Waals surface area contributed by atoms with Crippen molar-refractivity contribution in [1.29, 1.82) is 0 Å². The fourth-order valence-electron chi connectivity index (χ4n) is 1.76. The Bertz CT molecular complexity index is 790. The van der Waals surface area contributed by atoms with Crippen LogP contribution in [0.5, 0.6) is 0 Å². The Labute approximate surface area is 235 Å². The quantitative estimate of drug-likeness (QED) is 0.0545. The molecule has 2 unspecified atom stereocenters. The first-order valence-corrected chi connectivity index (χ1v) is 8.58. The first-order chi connectivity index (χ1) is 12.9. The number of carboxylic acids is 3. The van der Waals surface area contributed by atoms with Crippen LogP contribution in [-0.2, 0) is 42.6 Å². The summed E-state index contributed by atoms with van der Waals surface area (Å²) in [5.41, 5.74) is -6.51. The van der Waals surface area contributed by atoms with Crippen molar-refractivity contribution in [3.8, 4) is 0 Å². The minimum atomic E-state index is -5.39. The molecule has 0 aliphatic rings. The maximum absolute atomic E-state index is 11.6. The van der Waals surface area contributed by atoms with Gasteiger partial charge in [0.1, 0.15) is 0 Å². The van der Waals surface area contributed by atoms with Gasteiger partial charge in [0.2, 0.25) is 0 Å². The van der Waals surface area contributed by atoms with Gasteiger partial charge in [-0.15, -0.1) is 0 Å². The van der Waals surface area contributed by atoms with Crippen LogP contribution in [0.1, 0.15) is 28.5 Å². The van der Waals surface area contributed by atoms with Crippen molar-refractivity contribution in [3.05, 3.63) is 0 Å². The summed E-state index contributed by atoms with van der Waals surface area (Å²) in [6, 6.07) is 0. The van der Waals surface area contributed by atoms with Crippen molar-refractivity contribution in [2.24, 2.45) is 0 Å². The van der Waals surface area contributed by atoms with Gasteiger partial charge in [-0.3, -0.25) is 29.0 Å². The average molecular weight is 548 g/mol. The molecule has 0 aromatic rings. The molecule has 22 heteroatoms. The molecular formula is C12H23Na2O19P. The van der Waals surface area contributed by atoms with Crippen LogP contribution >= 0.6 is 7.82 Å². The Hall–Kier alpha value is -1.03. The summed E-state index contributed by atoms with van der Waals surface area (Å²) in [5, 5.41) is 45.6. The van der Waals surface area contributed by atoms with Gasteiger partial charge in [-0.25, -0.2) is 14.2 Å². The van der Waals surface area contributed by atoms with E-state index in [1.54, 1.807) is 0 Å². The zero-order chi connectivity index (χ0) is 23.2. The van der Waals surface area contributed by atoms with Gasteiger partial charge in [0.05, 0.1) is 25.7 Å². The van der Waals surface area contributed by atoms with Crippen LogP contribution < -0.4 is 59.1 Å². The van der Waals surface area contributed by atoms with E-state index in [9.17, 15) is 43.5 Å². The number of phosphoric acid groups is 1. The summed E-state index contributed by atoms with van der Waals surface area (Å²) < 4.78 is 18.0. The van der Waals surface area contributed by atoms with Gasteiger partial charge in [0.15, 0.2) is 11.2 Å². The van der Waals surface area contributed by atoms with E-state index in [-0.39, 0.29) is 78.4 Å². The van der Waals surface area contributed by atoms with E-state index >= 15 is 0 Å². The molecule has 0 amide bonds. The standard InChI is InChI=1S/C12H15O16P.2Na.3H2O.2H/c13-5(14)1-11(22,9(18)19)2-6(15)27-7(16)3-12(23,10(20)21)4-8(17)28-29(24,25)26;;;;;;;/h22-23H,1-4H2,(H,13,14)(H,18,19)(H,20,21)(H2,24,25,26);;;3*1H2;;/q;2*+1;;;;2*-1. The molecule has 0 aliphatic heterocycles. The molecule has 0 aromatic heterocycles. The summed E-state index contributed by atoms with van der Waals surface area (Å²) >= 11 is 0. The Kier molecular flexibility index (Phi) is 24.9. The van der Waals surface area contributed by atoms with Crippen molar-refractivity contribution in [2.75, 3.05) is 0 Å². The Morgan fingerprint density at radius 2 is 0.971 bits per heavy atom. The molecular weight excluding hydrogens is 525 g/mol. The number of aliphatic hydroxyl groups is 2. The molecule has 13 N–H and O–H groups in total. The minimum absolute atomic E-state index is 0. The number of phosphoric ester groups is 1. The third-order valence-electron chi connectivity index (χ3n) is 3.00. The average Bonchev–Trinajstić information content (AvgIpc) is 2.42. The second kappa shape index (κ2) is 18.3. The van der Waals surface area contributed by atoms with E-state index in [0.717, 1.165) is 0 Å². The number of aliphatic carboxylic acids is 3. The second-order valence-electron chi connectivity index (χ2n) is 5.57. The first kappa shape index (κ1) is 46.3. The molecule has 34 heavy (non-hydrogen) atoms. The number of hydrogen-bond donors (Lipinski definition) is 7. The molecule has 0 aromatic carbocycles. The number of ether oxygens (including phenoxy) is 1. The first-order valence-electron chi connectivity index (χ1n) is 7.05. The molecule has 0 fully saturated rings. The second-order valence-corrected chi connectivity index (χ2v) is 6.74. The molecule has 2 atom stereocenters. The summed E-state index contributed by atoms with van der Waals surface area (Å²) in [5.74, 6) is -11.8. The molecule has 19 nitrogen and oxygen atoms in total. The van der Waals surface area contributed by atoms with E-state index in [0.29, 0.717) is 0 Å². The fourth-order valence-corrected chi connectivity index (χ4v) is 2.09. The Balaban J connectivity index is -0.000000187. The van der Waals surface area contributed by atoms with Crippen molar-refractivity contribution < 1.29 is 156 Å². The normalized spacial score (nSPS) is 13.1. The number of carboxylic acid groups (broad SMARTS) is 3. The number of rotatable bonds is 11. The molecule has 0 spiro atoms. The summed E-state index contributed by atoms with van der Waals surface area (Å²) in [6.07, 6.45) is -6.31. The molecule has 192 valence electrons. The minimum Gasteiger partial charge on any atom is -1.00 e. The van der Waals surface area contributed by atoms with E-state index in [4.69, 9.17) is 25.1 Å². The van der Waals surface area contributed by atoms with Gasteiger partial charge >= 0.3 is 103 Å². The van der Waals surface area contributed by atoms with Gasteiger partial charge in [-0.05, 0) is 0 Å². The zero-order valence-electron chi connectivity index (χ0n) is 19.6. The van der Waals surface area contributed by atoms with Crippen LogP contribution in [0.4, 0.5) is 0 Å². The van der Waals surface area contributed by atoms with Crippen LogP contribution in [0.25, 0.3) is 0 Å². The number of carbonyl (C=O) groups is 6. The maximum Gasteiger partial charge on any atom is 1.00 e. The number of carbonyl (C=O) groups excluding carboxylic acids is 3. The number of esters is 2. The molecule has 0 saturated heterocycles. The van der Waals surface area contributed by atoms with E-state index in [2.05, 4.69) is 9.26 Å². The number of hydrogen-bond acceptors (Lipinski definition) is 11. The SMILES string of the molecule is O.O.O.O=C(O)CC(O)(CC(=O)OC(=O)CC(O)(CC(=O)OP(=O)(O)O)C(=O)O)C(=O)O.[H-].[H-].[Na+].[Na+]. The molecule has 0 rings (SSSR count). The van der Waals surface area contributed by atoms with Crippen molar-refractivity contribution in [2.45, 2.75) is 36.9 Å². The third-order valence-corrected chi connectivity index (χ3v) is 3.44. The summed E-state index contributed by atoms with van der Waals surface area (Å²) in [4.78, 5) is 83.7. The fraction of sp³-hybridized carbons (Fsp3) is 0.500. The summed E-state index contributed by atoms with van der Waals surface area (Å²) in [6.45, 7) is 0. The molecule has 0 bridgehead atoms. The van der Waals surface area contributed by atoms with Crippen LogP contribution in [0.3, 0.4) is 0 Å². The van der Waals surface area contributed by atoms with Gasteiger partial charge in [-0.2, -0.15) is 0 Å². The van der Waals surface area contributed by atoms with E-state index in [1.165, 1.54) is 0 Å². The third kappa shape index (κ3) is 17.4. The monoisotopic (exact) mass is 548 g/mol. The molecule has 0 saturated carbocycles. The van der Waals surface area contributed by atoms with Crippen LogP contribution in [-0.4, -0.2) is 98.8 Å². The Morgan fingerprint density at radius 1 is 0.676 bits per heavy atom. The predicted octanol–water partition coefficient (Wildman–Crippen LogP) is -11.3. The molecule has 0 radical (unpaired) electrons. The van der Waals surface area contributed by atoms with E-state index < -0.39 is 80.5 Å². The van der Waals surface area contributed by atoms with E-state index in [1.807, 2.05) is 0 Å². The maximum atomic E-state index is 11.6. The van der Waals surface area contributed by atoms with Crippen molar-refractivity contribution >= 4 is 43.6 Å². The smallest absolute Gasteiger partial charge is 1.00 e. The van der Waals surface area contributed by atoms with Gasteiger partial charge in [0.25, 0.3) is 0 Å². The van der Waals surface area contributed by atoms with Crippen LogP contribution in [0.2, 0.25) is 0 Å². The van der Waals surface area contributed by atoms with Crippen molar-refractivity contribution in [1.82, 2.24) is 0 Å². The van der Waals surface area contributed by atoms with Crippen LogP contribution in [0, 0.1) is 0 Å². The van der Waals surface area contributed by atoms with Gasteiger partial charge < -0.3 is 54.1 Å². The molecule has 0 heterocycles. The zero-order valence-corrected chi connectivity index (χ0v) is 22.5. The van der Waals surface area contributed by atoms with Gasteiger partial charge in [-0.1, -0.05) is 0 Å².